The van der Waals surface area contributed by atoms with Gasteiger partial charge in [-0.3, -0.25) is 19.7 Å². The zero-order valence-electron chi connectivity index (χ0n) is 14.1. The van der Waals surface area contributed by atoms with Crippen LogP contribution in [0.5, 0.6) is 0 Å². The molecule has 0 aliphatic heterocycles. The first-order valence-electron chi connectivity index (χ1n) is 8.11. The number of carbonyl (C=O) groups excluding carboxylic acids is 2. The summed E-state index contributed by atoms with van der Waals surface area (Å²) < 4.78 is 0. The normalized spacial score (nSPS) is 10.3. The molecule has 0 aliphatic rings. The molecule has 2 rings (SSSR count). The van der Waals surface area contributed by atoms with Crippen molar-refractivity contribution in [3.05, 3.63) is 70.3 Å². The van der Waals surface area contributed by atoms with Gasteiger partial charge in [0.1, 0.15) is 5.78 Å². The number of Topliss-reactive ketones (excluding diaryl/α,β-unsaturated/α-hetero) is 1. The van der Waals surface area contributed by atoms with E-state index in [2.05, 4.69) is 0 Å². The van der Waals surface area contributed by atoms with Gasteiger partial charge in [0.05, 0.1) is 11.5 Å². The smallest absolute Gasteiger partial charge is 0.269 e. The molecule has 0 saturated carbocycles. The van der Waals surface area contributed by atoms with Crippen molar-refractivity contribution in [2.75, 3.05) is 4.90 Å². The lowest BCUT2D eigenvalue weighted by molar-refractivity contribution is -0.384. The molecule has 0 atom stereocenters. The topological polar surface area (TPSA) is 80.5 Å². The third kappa shape index (κ3) is 5.24. The molecule has 0 heterocycles. The lowest BCUT2D eigenvalue weighted by Gasteiger charge is -2.23. The maximum Gasteiger partial charge on any atom is 0.269 e. The largest absolute Gasteiger partial charge is 0.308 e. The predicted octanol–water partition coefficient (Wildman–Crippen LogP) is 3.89. The number of anilines is 1. The van der Waals surface area contributed by atoms with Gasteiger partial charge in [-0.2, -0.15) is 0 Å². The van der Waals surface area contributed by atoms with Gasteiger partial charge in [0.2, 0.25) is 5.91 Å². The number of nitrogens with zero attached hydrogens (tertiary/aromatic N) is 2. The number of hydrogen-bond acceptors (Lipinski definition) is 4. The van der Waals surface area contributed by atoms with Crippen LogP contribution >= 0.6 is 0 Å². The Morgan fingerprint density at radius 2 is 1.64 bits per heavy atom. The Morgan fingerprint density at radius 3 is 2.20 bits per heavy atom. The average Bonchev–Trinajstić information content (AvgIpc) is 2.64. The fraction of sp³-hybridized carbons (Fsp3) is 0.263. The summed E-state index contributed by atoms with van der Waals surface area (Å²) in [6, 6.07) is 15.3. The first kappa shape index (κ1) is 18.3. The van der Waals surface area contributed by atoms with E-state index in [1.807, 2.05) is 30.3 Å². The summed E-state index contributed by atoms with van der Waals surface area (Å²) in [5.74, 6) is -0.142. The standard InChI is InChI=1S/C19H20N2O4/c1-2-18(22)12-13-19(23)20(14-15-6-4-3-5-7-15)16-8-10-17(11-9-16)21(24)25/h3-11H,2,12-14H2,1H3. The predicted molar refractivity (Wildman–Crippen MR) is 95.3 cm³/mol. The van der Waals surface area contributed by atoms with E-state index >= 15 is 0 Å². The molecular formula is C19H20N2O4. The summed E-state index contributed by atoms with van der Waals surface area (Å²) >= 11 is 0. The molecule has 130 valence electrons. The Balaban J connectivity index is 2.23. The summed E-state index contributed by atoms with van der Waals surface area (Å²) in [5.41, 5.74) is 1.48. The third-order valence-corrected chi connectivity index (χ3v) is 3.87. The summed E-state index contributed by atoms with van der Waals surface area (Å²) in [5, 5.41) is 10.8. The molecule has 0 N–H and O–H groups in total. The Kier molecular flexibility index (Phi) is 6.39. The molecule has 6 nitrogen and oxygen atoms in total. The van der Waals surface area contributed by atoms with Crippen LogP contribution in [0.25, 0.3) is 0 Å². The van der Waals surface area contributed by atoms with Gasteiger partial charge in [0.15, 0.2) is 0 Å². The van der Waals surface area contributed by atoms with Crippen molar-refractivity contribution in [1.82, 2.24) is 0 Å². The minimum absolute atomic E-state index is 0.0305. The van der Waals surface area contributed by atoms with Crippen LogP contribution in [0.1, 0.15) is 31.7 Å². The van der Waals surface area contributed by atoms with Crippen LogP contribution < -0.4 is 4.90 Å². The van der Waals surface area contributed by atoms with Crippen LogP contribution in [-0.2, 0) is 16.1 Å². The average molecular weight is 340 g/mol. The molecule has 0 unspecified atom stereocenters. The first-order valence-corrected chi connectivity index (χ1v) is 8.11. The molecule has 1 amide bonds. The number of amides is 1. The van der Waals surface area contributed by atoms with E-state index in [0.29, 0.717) is 18.7 Å². The third-order valence-electron chi connectivity index (χ3n) is 3.87. The molecule has 2 aromatic carbocycles. The monoisotopic (exact) mass is 340 g/mol. The minimum Gasteiger partial charge on any atom is -0.308 e. The minimum atomic E-state index is -0.479. The highest BCUT2D eigenvalue weighted by atomic mass is 16.6. The highest BCUT2D eigenvalue weighted by Crippen LogP contribution is 2.22. The van der Waals surface area contributed by atoms with Crippen LogP contribution in [0.2, 0.25) is 0 Å². The number of carbonyl (C=O) groups is 2. The summed E-state index contributed by atoms with van der Waals surface area (Å²) in [6.45, 7) is 2.11. The van der Waals surface area contributed by atoms with Crippen LogP contribution in [0, 0.1) is 10.1 Å². The quantitative estimate of drug-likeness (QED) is 0.539. The lowest BCUT2D eigenvalue weighted by atomic mass is 10.1. The number of nitro benzene ring substituents is 1. The number of non-ortho nitro benzene ring substituents is 1. The fourth-order valence-electron chi connectivity index (χ4n) is 2.40. The summed E-state index contributed by atoms with van der Waals surface area (Å²) in [4.78, 5) is 36.0. The molecule has 0 aliphatic carbocycles. The highest BCUT2D eigenvalue weighted by Gasteiger charge is 2.18. The van der Waals surface area contributed by atoms with Gasteiger partial charge < -0.3 is 4.90 Å². The van der Waals surface area contributed by atoms with Gasteiger partial charge in [-0.15, -0.1) is 0 Å². The van der Waals surface area contributed by atoms with Gasteiger partial charge in [-0.1, -0.05) is 37.3 Å². The molecule has 0 fully saturated rings. The van der Waals surface area contributed by atoms with E-state index in [0.717, 1.165) is 5.56 Å². The summed E-state index contributed by atoms with van der Waals surface area (Å²) in [7, 11) is 0. The number of hydrogen-bond donors (Lipinski definition) is 0. The molecule has 0 radical (unpaired) electrons. The Morgan fingerprint density at radius 1 is 1.00 bits per heavy atom. The number of benzene rings is 2. The van der Waals surface area contributed by atoms with Gasteiger partial charge in [0, 0.05) is 37.1 Å². The van der Waals surface area contributed by atoms with E-state index in [4.69, 9.17) is 0 Å². The highest BCUT2D eigenvalue weighted by molar-refractivity contribution is 5.95. The SMILES string of the molecule is CCC(=O)CCC(=O)N(Cc1ccccc1)c1ccc([N+](=O)[O-])cc1. The fourth-order valence-corrected chi connectivity index (χ4v) is 2.40. The van der Waals surface area contributed by atoms with Crippen LogP contribution in [-0.4, -0.2) is 16.6 Å². The van der Waals surface area contributed by atoms with Crippen molar-refractivity contribution in [2.24, 2.45) is 0 Å². The Bertz CT molecular complexity index is 742. The maximum absolute atomic E-state index is 12.6. The second-order valence-corrected chi connectivity index (χ2v) is 5.63. The molecule has 0 bridgehead atoms. The second kappa shape index (κ2) is 8.73. The number of nitro groups is 1. The van der Waals surface area contributed by atoms with E-state index in [9.17, 15) is 19.7 Å². The van der Waals surface area contributed by atoms with E-state index in [1.165, 1.54) is 12.1 Å². The van der Waals surface area contributed by atoms with Crippen LogP contribution in [0.15, 0.2) is 54.6 Å². The Hall–Kier alpha value is -3.02. The molecule has 2 aromatic rings. The van der Waals surface area contributed by atoms with Crippen molar-refractivity contribution in [1.29, 1.82) is 0 Å². The van der Waals surface area contributed by atoms with Crippen molar-refractivity contribution in [2.45, 2.75) is 32.7 Å². The molecule has 25 heavy (non-hydrogen) atoms. The lowest BCUT2D eigenvalue weighted by Crippen LogP contribution is -2.30. The first-order chi connectivity index (χ1) is 12.0. The van der Waals surface area contributed by atoms with Crippen LogP contribution in [0.4, 0.5) is 11.4 Å². The van der Waals surface area contributed by atoms with Gasteiger partial charge >= 0.3 is 0 Å². The molecule has 0 spiro atoms. The molecular weight excluding hydrogens is 320 g/mol. The Labute approximate surface area is 146 Å². The van der Waals surface area contributed by atoms with Gasteiger partial charge in [0.25, 0.3) is 5.69 Å². The van der Waals surface area contributed by atoms with Gasteiger partial charge in [-0.05, 0) is 17.7 Å². The van der Waals surface area contributed by atoms with Crippen molar-refractivity contribution >= 4 is 23.1 Å². The zero-order chi connectivity index (χ0) is 18.2. The zero-order valence-corrected chi connectivity index (χ0v) is 14.1. The molecule has 6 heteroatoms. The summed E-state index contributed by atoms with van der Waals surface area (Å²) in [6.07, 6.45) is 0.730. The molecule has 0 aromatic heterocycles. The van der Waals surface area contributed by atoms with Gasteiger partial charge in [-0.25, -0.2) is 0 Å². The van der Waals surface area contributed by atoms with Crippen molar-refractivity contribution in [3.63, 3.8) is 0 Å². The van der Waals surface area contributed by atoms with Crippen molar-refractivity contribution in [3.8, 4) is 0 Å². The maximum atomic E-state index is 12.6. The molecule has 0 saturated heterocycles. The number of rotatable bonds is 8. The van der Waals surface area contributed by atoms with E-state index in [1.54, 1.807) is 24.0 Å². The van der Waals surface area contributed by atoms with Crippen molar-refractivity contribution < 1.29 is 14.5 Å². The van der Waals surface area contributed by atoms with E-state index in [-0.39, 0.29) is 30.2 Å². The second-order valence-electron chi connectivity index (χ2n) is 5.63. The van der Waals surface area contributed by atoms with Crippen LogP contribution in [0.3, 0.4) is 0 Å². The van der Waals surface area contributed by atoms with E-state index < -0.39 is 4.92 Å². The number of ketones is 1.